The zero-order chi connectivity index (χ0) is 7.52. The minimum atomic E-state index is 0.796. The van der Waals surface area contributed by atoms with Crippen molar-refractivity contribution in [2.24, 2.45) is 0 Å². The van der Waals surface area contributed by atoms with Crippen LogP contribution in [0.2, 0.25) is 0 Å². The van der Waals surface area contributed by atoms with Crippen LogP contribution in [0, 0.1) is 6.07 Å². The van der Waals surface area contributed by atoms with E-state index in [0.29, 0.717) is 0 Å². The molecule has 1 aromatic heterocycles. The molecule has 0 unspecified atom stereocenters. The SMILES string of the molecule is [c-]1ccccc1-n1ncnn1. The first-order valence-electron chi connectivity index (χ1n) is 3.17. The lowest BCUT2D eigenvalue weighted by Gasteiger charge is -2.01. The fourth-order valence-electron chi connectivity index (χ4n) is 0.786. The van der Waals surface area contributed by atoms with Gasteiger partial charge in [0.1, 0.15) is 0 Å². The van der Waals surface area contributed by atoms with Gasteiger partial charge < -0.3 is 0 Å². The molecule has 0 aliphatic heterocycles. The van der Waals surface area contributed by atoms with E-state index in [4.69, 9.17) is 0 Å². The van der Waals surface area contributed by atoms with E-state index in [2.05, 4.69) is 21.5 Å². The van der Waals surface area contributed by atoms with E-state index in [9.17, 15) is 0 Å². The van der Waals surface area contributed by atoms with Gasteiger partial charge in [-0.05, 0) is 10.9 Å². The highest BCUT2D eigenvalue weighted by Gasteiger charge is 1.87. The Morgan fingerprint density at radius 3 is 3.00 bits per heavy atom. The Hall–Kier alpha value is -1.71. The number of aromatic nitrogens is 4. The minimum absolute atomic E-state index is 0.796. The van der Waals surface area contributed by atoms with E-state index in [1.165, 1.54) is 11.1 Å². The summed E-state index contributed by atoms with van der Waals surface area (Å²) in [7, 11) is 0. The lowest BCUT2D eigenvalue weighted by molar-refractivity contribution is 0.719. The summed E-state index contributed by atoms with van der Waals surface area (Å²) in [6, 6.07) is 10.4. The Bertz CT molecular complexity index is 313. The Morgan fingerprint density at radius 2 is 2.36 bits per heavy atom. The van der Waals surface area contributed by atoms with E-state index in [-0.39, 0.29) is 0 Å². The first-order valence-corrected chi connectivity index (χ1v) is 3.17. The molecule has 0 saturated heterocycles. The molecule has 54 valence electrons. The number of nitrogens with zero attached hydrogens (tertiary/aromatic N) is 4. The molecule has 0 fully saturated rings. The van der Waals surface area contributed by atoms with Crippen LogP contribution in [0.4, 0.5) is 0 Å². The summed E-state index contributed by atoms with van der Waals surface area (Å²) in [6.45, 7) is 0. The van der Waals surface area contributed by atoms with Gasteiger partial charge in [-0.25, -0.2) is 0 Å². The zero-order valence-corrected chi connectivity index (χ0v) is 5.68. The van der Waals surface area contributed by atoms with Gasteiger partial charge in [-0.1, -0.05) is 0 Å². The third-order valence-corrected chi connectivity index (χ3v) is 1.26. The number of rotatable bonds is 1. The third kappa shape index (κ3) is 1.10. The van der Waals surface area contributed by atoms with Gasteiger partial charge in [-0.15, -0.1) is 16.3 Å². The summed E-state index contributed by atoms with van der Waals surface area (Å²) in [5.41, 5.74) is 0.796. The third-order valence-electron chi connectivity index (χ3n) is 1.26. The fraction of sp³-hybridized carbons (Fsp3) is 0. The molecule has 2 aromatic rings. The summed E-state index contributed by atoms with van der Waals surface area (Å²) in [6.07, 6.45) is 1.39. The summed E-state index contributed by atoms with van der Waals surface area (Å²) in [4.78, 5) is 1.42. The maximum absolute atomic E-state index is 3.85. The molecule has 0 saturated carbocycles. The quantitative estimate of drug-likeness (QED) is 0.547. The standard InChI is InChI=1S/C7H5N4/c1-2-4-7(5-3-1)11-9-6-8-10-11/h1-4,6H/q-1. The minimum Gasteiger partial charge on any atom is -0.175 e. The van der Waals surface area contributed by atoms with Crippen LogP contribution in [0.15, 0.2) is 30.6 Å². The van der Waals surface area contributed by atoms with Crippen molar-refractivity contribution in [3.8, 4) is 5.69 Å². The van der Waals surface area contributed by atoms with Crippen molar-refractivity contribution >= 4 is 0 Å². The summed E-state index contributed by atoms with van der Waals surface area (Å²) >= 11 is 0. The Morgan fingerprint density at radius 1 is 1.36 bits per heavy atom. The van der Waals surface area contributed by atoms with Crippen molar-refractivity contribution < 1.29 is 0 Å². The molecular weight excluding hydrogens is 140 g/mol. The fourth-order valence-corrected chi connectivity index (χ4v) is 0.786. The van der Waals surface area contributed by atoms with Crippen molar-refractivity contribution in [1.29, 1.82) is 0 Å². The molecule has 2 rings (SSSR count). The molecule has 0 radical (unpaired) electrons. The van der Waals surface area contributed by atoms with Crippen molar-refractivity contribution in [3.63, 3.8) is 0 Å². The molecule has 4 nitrogen and oxygen atoms in total. The first kappa shape index (κ1) is 6.03. The number of benzene rings is 1. The Labute approximate surface area is 63.5 Å². The maximum atomic E-state index is 3.85. The van der Waals surface area contributed by atoms with Gasteiger partial charge in [0.2, 0.25) is 0 Å². The Balaban J connectivity index is 2.46. The van der Waals surface area contributed by atoms with Gasteiger partial charge >= 0.3 is 0 Å². The molecule has 0 amide bonds. The zero-order valence-electron chi connectivity index (χ0n) is 5.68. The maximum Gasteiger partial charge on any atom is 0.162 e. The van der Waals surface area contributed by atoms with Crippen molar-refractivity contribution in [2.75, 3.05) is 0 Å². The van der Waals surface area contributed by atoms with Gasteiger partial charge in [0.25, 0.3) is 0 Å². The molecule has 4 heteroatoms. The highest BCUT2D eigenvalue weighted by Crippen LogP contribution is 1.99. The van der Waals surface area contributed by atoms with E-state index >= 15 is 0 Å². The molecule has 0 aliphatic carbocycles. The predicted octanol–water partition coefficient (Wildman–Crippen LogP) is 0.462. The van der Waals surface area contributed by atoms with E-state index in [1.807, 2.05) is 18.2 Å². The molecule has 1 aromatic carbocycles. The van der Waals surface area contributed by atoms with Crippen LogP contribution in [0.1, 0.15) is 0 Å². The van der Waals surface area contributed by atoms with Crippen molar-refractivity contribution in [2.45, 2.75) is 0 Å². The van der Waals surface area contributed by atoms with Gasteiger partial charge in [0.05, 0.1) is 0 Å². The van der Waals surface area contributed by atoms with Crippen molar-refractivity contribution in [3.05, 3.63) is 36.7 Å². The van der Waals surface area contributed by atoms with E-state index in [0.717, 1.165) is 5.69 Å². The average Bonchev–Trinajstić information content (AvgIpc) is 2.58. The number of hydrogen-bond acceptors (Lipinski definition) is 3. The first-order chi connectivity index (χ1) is 5.47. The molecule has 1 heterocycles. The monoisotopic (exact) mass is 145 g/mol. The molecular formula is C7H5N4-. The lowest BCUT2D eigenvalue weighted by atomic mass is 10.3. The van der Waals surface area contributed by atoms with Crippen molar-refractivity contribution in [1.82, 2.24) is 20.2 Å². The highest BCUT2D eigenvalue weighted by molar-refractivity contribution is 5.26. The van der Waals surface area contributed by atoms with Gasteiger partial charge in [0, 0.05) is 0 Å². The topological polar surface area (TPSA) is 43.6 Å². The second kappa shape index (κ2) is 2.49. The largest absolute Gasteiger partial charge is 0.175 e. The smallest absolute Gasteiger partial charge is 0.162 e. The van der Waals surface area contributed by atoms with Gasteiger partial charge in [0.15, 0.2) is 6.33 Å². The molecule has 0 aliphatic rings. The number of hydrogen-bond donors (Lipinski definition) is 0. The van der Waals surface area contributed by atoms with Crippen LogP contribution < -0.4 is 0 Å². The van der Waals surface area contributed by atoms with Crippen LogP contribution in [0.25, 0.3) is 5.69 Å². The summed E-state index contributed by atoms with van der Waals surface area (Å²) in [5, 5.41) is 11.1. The van der Waals surface area contributed by atoms with Crippen LogP contribution in [0.3, 0.4) is 0 Å². The normalized spacial score (nSPS) is 9.82. The molecule has 0 spiro atoms. The van der Waals surface area contributed by atoms with Gasteiger partial charge in [-0.3, -0.25) is 0 Å². The van der Waals surface area contributed by atoms with Crippen LogP contribution in [0.5, 0.6) is 0 Å². The van der Waals surface area contributed by atoms with Crippen LogP contribution in [-0.2, 0) is 0 Å². The van der Waals surface area contributed by atoms with Crippen LogP contribution in [-0.4, -0.2) is 20.2 Å². The Kier molecular flexibility index (Phi) is 1.37. The second-order valence-electron chi connectivity index (χ2n) is 1.97. The molecule has 0 atom stereocenters. The van der Waals surface area contributed by atoms with Crippen LogP contribution >= 0.6 is 0 Å². The molecule has 0 bridgehead atoms. The average molecular weight is 145 g/mol. The van der Waals surface area contributed by atoms with Gasteiger partial charge in [-0.2, -0.15) is 29.1 Å². The van der Waals surface area contributed by atoms with E-state index in [1.54, 1.807) is 6.07 Å². The summed E-state index contributed by atoms with van der Waals surface area (Å²) in [5.74, 6) is 0. The highest BCUT2D eigenvalue weighted by atomic mass is 15.6. The second-order valence-corrected chi connectivity index (χ2v) is 1.97. The number of tetrazole rings is 1. The van der Waals surface area contributed by atoms with E-state index < -0.39 is 0 Å². The lowest BCUT2D eigenvalue weighted by Crippen LogP contribution is -1.97. The molecule has 0 N–H and O–H groups in total. The summed E-state index contributed by atoms with van der Waals surface area (Å²) < 4.78 is 0. The molecule has 11 heavy (non-hydrogen) atoms. The predicted molar refractivity (Wildman–Crippen MR) is 38.0 cm³/mol. The number of para-hydroxylation sites is 1.